The molecule has 1 unspecified atom stereocenters. The van der Waals surface area contributed by atoms with Gasteiger partial charge in [-0.05, 0) is 64.4 Å². The molecule has 6 rings (SSSR count). The number of rotatable bonds is 9. The zero-order valence-electron chi connectivity index (χ0n) is 29.4. The summed E-state index contributed by atoms with van der Waals surface area (Å²) in [7, 11) is 1.29. The molecule has 10 heteroatoms. The number of hydrogen-bond acceptors (Lipinski definition) is 5. The van der Waals surface area contributed by atoms with E-state index in [1.165, 1.54) is 7.11 Å². The van der Waals surface area contributed by atoms with Crippen LogP contribution in [0, 0.1) is 38.5 Å². The molecule has 0 radical (unpaired) electrons. The Bertz CT molecular complexity index is 2040. The Morgan fingerprint density at radius 3 is 2.43 bits per heavy atom. The van der Waals surface area contributed by atoms with Gasteiger partial charge in [0, 0.05) is 5.56 Å². The second-order valence-corrected chi connectivity index (χ2v) is 12.7. The molecule has 1 fully saturated rings. The van der Waals surface area contributed by atoms with Crippen LogP contribution in [0.2, 0.25) is 0 Å². The number of ether oxygens (including phenoxy) is 2. The molecule has 9 nitrogen and oxygen atoms in total. The number of Topliss-reactive ketones (excluding diaryl/α,β-unsaturated/α-hetero) is 1. The third-order valence-electron chi connectivity index (χ3n) is 10.1. The topological polar surface area (TPSA) is 129 Å². The van der Waals surface area contributed by atoms with E-state index in [0.29, 0.717) is 53.2 Å². The number of aliphatic hydroxyl groups excluding tert-OH is 1. The summed E-state index contributed by atoms with van der Waals surface area (Å²) in [5.74, 6) is -2.56. The van der Waals surface area contributed by atoms with Gasteiger partial charge in [-0.2, -0.15) is 11.4 Å². The van der Waals surface area contributed by atoms with Crippen molar-refractivity contribution in [1.29, 1.82) is 0 Å². The van der Waals surface area contributed by atoms with Gasteiger partial charge in [0.25, 0.3) is 0 Å². The first-order valence-electron chi connectivity index (χ1n) is 16.6. The van der Waals surface area contributed by atoms with Crippen LogP contribution in [-0.2, 0) is 20.7 Å². The Labute approximate surface area is 303 Å². The van der Waals surface area contributed by atoms with Gasteiger partial charge in [0.05, 0.1) is 13.7 Å². The molecule has 3 aromatic heterocycles. The third kappa shape index (κ3) is 6.24. The molecule has 0 aromatic carbocycles. The molecule has 0 amide bonds. The summed E-state index contributed by atoms with van der Waals surface area (Å²) in [6.45, 7) is 16.4. The van der Waals surface area contributed by atoms with Crippen LogP contribution < -0.4 is 25.7 Å². The van der Waals surface area contributed by atoms with Gasteiger partial charge in [-0.1, -0.05) is 84.7 Å². The molecule has 1 N–H and O–H groups in total. The third-order valence-corrected chi connectivity index (χ3v) is 10.1. The molecule has 3 aliphatic rings. The molecule has 0 spiro atoms. The molecule has 252 valence electrons. The summed E-state index contributed by atoms with van der Waals surface area (Å²) in [5, 5.41) is 17.5. The molecule has 8 bridgehead atoms. The van der Waals surface area contributed by atoms with E-state index in [-0.39, 0.29) is 40.7 Å². The fourth-order valence-corrected chi connectivity index (χ4v) is 7.32. The first-order chi connectivity index (χ1) is 23.0. The van der Waals surface area contributed by atoms with Crippen molar-refractivity contribution in [1.82, 2.24) is 15.0 Å². The monoisotopic (exact) mass is 670 g/mol. The maximum atomic E-state index is 14.1. The Kier molecular flexibility index (Phi) is 10.8. The van der Waals surface area contributed by atoms with Gasteiger partial charge in [-0.25, -0.2) is 0 Å². The van der Waals surface area contributed by atoms with Gasteiger partial charge >= 0.3 is 29.0 Å². The number of fused-ring (bicyclic) bond motifs is 7. The Morgan fingerprint density at radius 1 is 1.04 bits per heavy atom. The van der Waals surface area contributed by atoms with Crippen molar-refractivity contribution < 1.29 is 24.2 Å². The number of nitrogens with zero attached hydrogens (tertiary/aromatic N) is 4. The van der Waals surface area contributed by atoms with E-state index in [1.54, 1.807) is 0 Å². The van der Waals surface area contributed by atoms with Gasteiger partial charge in [0.2, 0.25) is 0 Å². The van der Waals surface area contributed by atoms with Gasteiger partial charge in [-0.15, -0.1) is 33.5 Å². The molecule has 4 atom stereocenters. The summed E-state index contributed by atoms with van der Waals surface area (Å²) in [6.07, 6.45) is 12.1. The van der Waals surface area contributed by atoms with Crippen LogP contribution in [0.5, 0.6) is 0 Å². The van der Waals surface area contributed by atoms with Crippen molar-refractivity contribution >= 4 is 64.7 Å². The molecular weight excluding hydrogens is 629 g/mol. The van der Waals surface area contributed by atoms with Crippen LogP contribution in [0.25, 0.3) is 35.2 Å². The maximum absolute atomic E-state index is 14.1. The fraction of sp³-hybridized carbons (Fsp3) is 0.385. The number of hydrogen-bond donors (Lipinski definition) is 1. The summed E-state index contributed by atoms with van der Waals surface area (Å²) >= 11 is 0. The van der Waals surface area contributed by atoms with E-state index in [0.717, 1.165) is 56.5 Å². The minimum Gasteiger partial charge on any atom is -0.664 e. The fourth-order valence-electron chi connectivity index (χ4n) is 7.32. The Hall–Kier alpha value is -3.83. The van der Waals surface area contributed by atoms with Crippen molar-refractivity contribution in [3.05, 3.63) is 102 Å². The second kappa shape index (κ2) is 14.6. The first kappa shape index (κ1) is 36.4. The van der Waals surface area contributed by atoms with E-state index in [4.69, 9.17) is 29.7 Å². The largest absolute Gasteiger partial charge is 2.00 e. The normalized spacial score (nSPS) is 24.0. The van der Waals surface area contributed by atoms with Crippen molar-refractivity contribution in [3.63, 3.8) is 0 Å². The predicted molar refractivity (Wildman–Crippen MR) is 192 cm³/mol. The molecule has 1 saturated heterocycles. The summed E-state index contributed by atoms with van der Waals surface area (Å²) in [4.78, 5) is 42.6. The number of methoxy groups -OCH3 is 1. The number of allylic oxidation sites excluding steroid dienone is 3. The molecule has 5 heterocycles. The van der Waals surface area contributed by atoms with Crippen molar-refractivity contribution in [2.75, 3.05) is 13.7 Å². The van der Waals surface area contributed by atoms with Crippen molar-refractivity contribution in [3.8, 4) is 0 Å². The van der Waals surface area contributed by atoms with Crippen LogP contribution in [0.4, 0.5) is 0 Å². The first-order valence-corrected chi connectivity index (χ1v) is 16.6. The van der Waals surface area contributed by atoms with Gasteiger partial charge in [-0.3, -0.25) is 9.59 Å². The summed E-state index contributed by atoms with van der Waals surface area (Å²) < 4.78 is 10.8. The Morgan fingerprint density at radius 2 is 1.76 bits per heavy atom. The van der Waals surface area contributed by atoms with Crippen LogP contribution >= 0.6 is 0 Å². The summed E-state index contributed by atoms with van der Waals surface area (Å²) in [5.41, 5.74) is 9.62. The van der Waals surface area contributed by atoms with Crippen LogP contribution in [0.1, 0.15) is 94.6 Å². The molecule has 0 saturated carbocycles. The van der Waals surface area contributed by atoms with E-state index in [9.17, 15) is 14.7 Å². The zero-order valence-corrected chi connectivity index (χ0v) is 30.8. The maximum Gasteiger partial charge on any atom is 2.00 e. The van der Waals surface area contributed by atoms with E-state index in [2.05, 4.69) is 27.4 Å². The number of aromatic nitrogens is 3. The quantitative estimate of drug-likeness (QED) is 0.117. The number of ketones is 1. The molecule has 1 aliphatic carbocycles. The van der Waals surface area contributed by atoms with E-state index in [1.807, 2.05) is 57.2 Å². The second-order valence-electron chi connectivity index (χ2n) is 12.7. The summed E-state index contributed by atoms with van der Waals surface area (Å²) in [6, 6.07) is 0. The van der Waals surface area contributed by atoms with E-state index >= 15 is 0 Å². The number of carbonyl (C=O) groups is 2. The average molecular weight is 671 g/mol. The smallest absolute Gasteiger partial charge is 0.664 e. The predicted octanol–water partition coefficient (Wildman–Crippen LogP) is 4.35. The van der Waals surface area contributed by atoms with Gasteiger partial charge < -0.3 is 34.8 Å². The molecule has 49 heavy (non-hydrogen) atoms. The SMILES string of the molecule is C=Cc1c2[n-]c(c1C)/C=C1\[N-]/C(=C3\c4[n-]c(c(C)c4C(=O)[C@@H]3C(=O)OC)/C=c3\[n-]/c(c(C)c3CC)=C\2)[C@@H](CCC(O)OC/C=C\C)[C@@H]1C.[Mg+2]. The van der Waals surface area contributed by atoms with Gasteiger partial charge in [0.1, 0.15) is 5.92 Å². The molecular formula is C39H42MgN4O5-2. The minimum atomic E-state index is -1.19. The zero-order chi connectivity index (χ0) is 34.4. The van der Waals surface area contributed by atoms with Crippen molar-refractivity contribution in [2.45, 2.75) is 67.1 Å². The van der Waals surface area contributed by atoms with Crippen LogP contribution in [0.15, 0.2) is 30.1 Å². The standard InChI is InChI=1S/C39H43N4O5.Mg/c1-9-12-15-48-32(44)14-13-25-21(6)28-16-26-19(4)23(10-2)30(40-26)17-27-20(5)24(11-3)31(41-27)18-29-22(7)33-37(43-29)34(36(25)42-28)35(38(33)45)39(46)47-8;/h9-10,12,16-18,21,25,32,35,44H,2,11,13-15H2,1,3-8H3,(H-,42,43,45);/q-3;+2/p-1/b12-9-,27-17-,28-16-,31-18-;/t21-,25-,32?,35+;/m0./s1. The average Bonchev–Trinajstić information content (AvgIpc) is 3.80. The Balaban J connectivity index is 0.00000468. The number of esters is 1. The van der Waals surface area contributed by atoms with Crippen LogP contribution in [-0.4, -0.2) is 59.9 Å². The molecule has 2 aliphatic heterocycles. The minimum absolute atomic E-state index is 0. The number of carbonyl (C=O) groups excluding carboxylic acids is 2. The molecule has 3 aromatic rings. The van der Waals surface area contributed by atoms with E-state index < -0.39 is 18.2 Å². The van der Waals surface area contributed by atoms with Crippen molar-refractivity contribution in [2.24, 2.45) is 17.8 Å². The van der Waals surface area contributed by atoms with Gasteiger partial charge in [0.15, 0.2) is 12.1 Å². The van der Waals surface area contributed by atoms with Crippen LogP contribution in [0.3, 0.4) is 0 Å². The number of aliphatic hydroxyl groups is 1.